The topological polar surface area (TPSA) is 135 Å². The molecule has 10 heteroatoms. The Balaban J connectivity index is 1.45. The van der Waals surface area contributed by atoms with E-state index in [9.17, 15) is 10.1 Å². The van der Waals surface area contributed by atoms with Crippen molar-refractivity contribution in [3.8, 4) is 34.3 Å². The summed E-state index contributed by atoms with van der Waals surface area (Å²) >= 11 is 0. The quantitative estimate of drug-likeness (QED) is 0.275. The summed E-state index contributed by atoms with van der Waals surface area (Å²) in [7, 11) is 1.66. The van der Waals surface area contributed by atoms with E-state index in [-0.39, 0.29) is 5.56 Å². The van der Waals surface area contributed by atoms with Gasteiger partial charge in [-0.05, 0) is 61.2 Å². The van der Waals surface area contributed by atoms with Crippen molar-refractivity contribution in [3.05, 3.63) is 82.2 Å². The summed E-state index contributed by atoms with van der Waals surface area (Å²) in [6.45, 7) is 3.72. The molecular weight excluding hydrogens is 494 g/mol. The molecule has 0 spiro atoms. The van der Waals surface area contributed by atoms with E-state index in [1.54, 1.807) is 13.2 Å². The molecule has 0 bridgehead atoms. The Morgan fingerprint density at radius 1 is 1.21 bits per heavy atom. The molecule has 1 aliphatic rings. The van der Waals surface area contributed by atoms with Gasteiger partial charge in [-0.25, -0.2) is 19.5 Å². The van der Waals surface area contributed by atoms with Crippen molar-refractivity contribution in [2.45, 2.75) is 32.2 Å². The molecule has 2 N–H and O–H groups in total. The van der Waals surface area contributed by atoms with E-state index < -0.39 is 0 Å². The van der Waals surface area contributed by atoms with Crippen LogP contribution in [0.5, 0.6) is 0 Å². The number of ether oxygens (including phenoxy) is 1. The second-order valence-electron chi connectivity index (χ2n) is 9.69. The van der Waals surface area contributed by atoms with Gasteiger partial charge >= 0.3 is 0 Å². The Morgan fingerprint density at radius 3 is 2.82 bits per heavy atom. The fourth-order valence-corrected chi connectivity index (χ4v) is 4.74. The molecule has 39 heavy (non-hydrogen) atoms. The van der Waals surface area contributed by atoms with Crippen LogP contribution in [0.3, 0.4) is 0 Å². The number of nitrogens with zero attached hydrogens (tertiary/aromatic N) is 5. The van der Waals surface area contributed by atoms with Gasteiger partial charge in [-0.2, -0.15) is 5.26 Å². The normalized spacial score (nSPS) is 13.2. The third-order valence-electron chi connectivity index (χ3n) is 6.93. The Bertz CT molecular complexity index is 1770. The molecule has 5 aromatic rings. The van der Waals surface area contributed by atoms with Gasteiger partial charge in [0.15, 0.2) is 6.39 Å². The predicted octanol–water partition coefficient (Wildman–Crippen LogP) is 4.22. The van der Waals surface area contributed by atoms with Crippen LogP contribution in [0.15, 0.2) is 58.3 Å². The smallest absolute Gasteiger partial charge is 0.283 e. The molecule has 6 rings (SSSR count). The van der Waals surface area contributed by atoms with Gasteiger partial charge in [0.25, 0.3) is 5.56 Å². The van der Waals surface area contributed by atoms with Gasteiger partial charge in [0.1, 0.15) is 29.1 Å². The second kappa shape index (κ2) is 10.3. The molecular formula is C29H27N7O3. The average Bonchev–Trinajstić information content (AvgIpc) is 3.59. The Labute approximate surface area is 224 Å². The van der Waals surface area contributed by atoms with Crippen molar-refractivity contribution in [1.29, 1.82) is 5.26 Å². The van der Waals surface area contributed by atoms with Gasteiger partial charge in [0, 0.05) is 43.1 Å². The lowest BCUT2D eigenvalue weighted by atomic mass is 9.94. The second-order valence-corrected chi connectivity index (χ2v) is 9.69. The molecule has 1 aliphatic carbocycles. The lowest BCUT2D eigenvalue weighted by Gasteiger charge is -2.13. The Morgan fingerprint density at radius 2 is 2.08 bits per heavy atom. The lowest BCUT2D eigenvalue weighted by molar-refractivity contribution is 0.199. The predicted molar refractivity (Wildman–Crippen MR) is 145 cm³/mol. The highest BCUT2D eigenvalue weighted by molar-refractivity contribution is 5.84. The SMILES string of the molecule is COCCNCc1cc2ncn(-c3cc(-c4ccc(C#N)cc4-c4ncoc4C)cc(C4CC4)n3)c(=O)c2[nH]1. The largest absolute Gasteiger partial charge is 0.448 e. The number of nitriles is 1. The molecule has 196 valence electrons. The summed E-state index contributed by atoms with van der Waals surface area (Å²) in [5.41, 5.74) is 6.35. The molecule has 4 aromatic heterocycles. The van der Waals surface area contributed by atoms with Crippen LogP contribution in [0.2, 0.25) is 0 Å². The van der Waals surface area contributed by atoms with E-state index in [0.29, 0.717) is 59.5 Å². The summed E-state index contributed by atoms with van der Waals surface area (Å²) in [4.78, 5) is 30.6. The van der Waals surface area contributed by atoms with Crippen molar-refractivity contribution in [3.63, 3.8) is 0 Å². The molecule has 4 heterocycles. The number of pyridine rings is 1. The van der Waals surface area contributed by atoms with Crippen LogP contribution in [0.25, 0.3) is 39.2 Å². The first-order valence-corrected chi connectivity index (χ1v) is 12.8. The van der Waals surface area contributed by atoms with Gasteiger partial charge in [-0.1, -0.05) is 6.07 Å². The minimum atomic E-state index is -0.220. The first-order chi connectivity index (χ1) is 19.1. The van der Waals surface area contributed by atoms with Crippen LogP contribution in [0.1, 0.15) is 41.5 Å². The number of aromatic nitrogens is 5. The van der Waals surface area contributed by atoms with Crippen LogP contribution in [0, 0.1) is 18.3 Å². The number of nitrogens with one attached hydrogen (secondary N) is 2. The van der Waals surface area contributed by atoms with Gasteiger partial charge < -0.3 is 19.5 Å². The van der Waals surface area contributed by atoms with Gasteiger partial charge in [0.05, 0.1) is 23.8 Å². The molecule has 0 amide bonds. The number of hydrogen-bond acceptors (Lipinski definition) is 8. The maximum absolute atomic E-state index is 13.6. The molecule has 10 nitrogen and oxygen atoms in total. The molecule has 1 aromatic carbocycles. The van der Waals surface area contributed by atoms with Crippen molar-refractivity contribution in [2.75, 3.05) is 20.3 Å². The molecule has 0 aliphatic heterocycles. The summed E-state index contributed by atoms with van der Waals surface area (Å²) in [6, 6.07) is 13.6. The fraction of sp³-hybridized carbons (Fsp3) is 0.276. The van der Waals surface area contributed by atoms with Crippen molar-refractivity contribution >= 4 is 11.0 Å². The van der Waals surface area contributed by atoms with E-state index >= 15 is 0 Å². The number of fused-ring (bicyclic) bond motifs is 1. The summed E-state index contributed by atoms with van der Waals surface area (Å²) in [6.07, 6.45) is 5.05. The number of aromatic amines is 1. The minimum Gasteiger partial charge on any atom is -0.448 e. The van der Waals surface area contributed by atoms with E-state index in [4.69, 9.17) is 14.1 Å². The molecule has 0 saturated heterocycles. The maximum atomic E-state index is 13.6. The van der Waals surface area contributed by atoms with E-state index in [1.165, 1.54) is 17.3 Å². The molecule has 0 unspecified atom stereocenters. The minimum absolute atomic E-state index is 0.220. The first-order valence-electron chi connectivity index (χ1n) is 12.8. The van der Waals surface area contributed by atoms with E-state index in [2.05, 4.69) is 32.4 Å². The lowest BCUT2D eigenvalue weighted by Crippen LogP contribution is -2.21. The first kappa shape index (κ1) is 24.7. The van der Waals surface area contributed by atoms with E-state index in [1.807, 2.05) is 31.2 Å². The number of benzene rings is 1. The highest BCUT2D eigenvalue weighted by Gasteiger charge is 2.27. The monoisotopic (exact) mass is 521 g/mol. The average molecular weight is 522 g/mol. The van der Waals surface area contributed by atoms with Gasteiger partial charge in [-0.15, -0.1) is 0 Å². The molecule has 1 saturated carbocycles. The van der Waals surface area contributed by atoms with Crippen molar-refractivity contribution < 1.29 is 9.15 Å². The zero-order chi connectivity index (χ0) is 26.9. The van der Waals surface area contributed by atoms with Crippen LogP contribution >= 0.6 is 0 Å². The fourth-order valence-electron chi connectivity index (χ4n) is 4.74. The van der Waals surface area contributed by atoms with Crippen LogP contribution in [-0.2, 0) is 11.3 Å². The van der Waals surface area contributed by atoms with E-state index in [0.717, 1.165) is 40.9 Å². The summed E-state index contributed by atoms with van der Waals surface area (Å²) < 4.78 is 12.0. The number of aryl methyl sites for hydroxylation is 1. The van der Waals surface area contributed by atoms with Crippen molar-refractivity contribution in [1.82, 2.24) is 29.8 Å². The van der Waals surface area contributed by atoms with Crippen LogP contribution in [-0.4, -0.2) is 44.8 Å². The molecule has 1 fully saturated rings. The van der Waals surface area contributed by atoms with Gasteiger partial charge in [-0.3, -0.25) is 4.79 Å². The number of oxazole rings is 1. The standard InChI is InChI=1S/C29H27N7O3/c1-17-27(33-16-39-17)23-9-18(13-30)3-6-22(23)20-10-24(19-4-5-19)35-26(11-20)36-15-32-25-12-21(14-31-7-8-38-2)34-28(25)29(36)37/h3,6,9-12,15-16,19,31,34H,4-5,7-8,14H2,1-2H3. The summed E-state index contributed by atoms with van der Waals surface area (Å²) in [5, 5.41) is 12.8. The number of hydrogen-bond donors (Lipinski definition) is 2. The Kier molecular flexibility index (Phi) is 6.52. The molecule has 0 atom stereocenters. The highest BCUT2D eigenvalue weighted by atomic mass is 16.5. The maximum Gasteiger partial charge on any atom is 0.283 e. The van der Waals surface area contributed by atoms with Crippen LogP contribution < -0.4 is 10.9 Å². The Hall–Kier alpha value is -4.59. The third kappa shape index (κ3) is 4.85. The zero-order valence-electron chi connectivity index (χ0n) is 21.7. The number of H-pyrrole nitrogens is 1. The summed E-state index contributed by atoms with van der Waals surface area (Å²) in [5.74, 6) is 1.51. The number of rotatable bonds is 9. The molecule has 0 radical (unpaired) electrons. The van der Waals surface area contributed by atoms with Crippen molar-refractivity contribution in [2.24, 2.45) is 0 Å². The third-order valence-corrected chi connectivity index (χ3v) is 6.93. The van der Waals surface area contributed by atoms with Gasteiger partial charge in [0.2, 0.25) is 0 Å². The highest BCUT2D eigenvalue weighted by Crippen LogP contribution is 2.42. The van der Waals surface area contributed by atoms with Crippen LogP contribution in [0.4, 0.5) is 0 Å². The zero-order valence-corrected chi connectivity index (χ0v) is 21.7. The number of methoxy groups -OCH3 is 1.